The zero-order chi connectivity index (χ0) is 30.8. The van der Waals surface area contributed by atoms with Crippen LogP contribution in [0.15, 0.2) is 79.1 Å². The summed E-state index contributed by atoms with van der Waals surface area (Å²) in [5.74, 6) is -0.309. The van der Waals surface area contributed by atoms with Crippen molar-refractivity contribution in [3.8, 4) is 6.07 Å². The van der Waals surface area contributed by atoms with Gasteiger partial charge in [0.15, 0.2) is 0 Å². The second kappa shape index (κ2) is 12.8. The number of halogens is 2. The van der Waals surface area contributed by atoms with Gasteiger partial charge in [-0.25, -0.2) is 9.07 Å². The summed E-state index contributed by atoms with van der Waals surface area (Å²) < 4.78 is 15.8. The fourth-order valence-electron chi connectivity index (χ4n) is 6.17. The Bertz CT molecular complexity index is 1830. The Labute approximate surface area is 266 Å². The minimum Gasteiger partial charge on any atom is -0.377 e. The minimum absolute atomic E-state index is 0.0238. The van der Waals surface area contributed by atoms with Gasteiger partial charge in [0.05, 0.1) is 46.1 Å². The van der Waals surface area contributed by atoms with E-state index >= 15 is 0 Å². The fraction of sp³-hybridized carbons (Fsp3) is 0.314. The van der Waals surface area contributed by atoms with Crippen LogP contribution in [0, 0.1) is 17.1 Å². The first-order valence-corrected chi connectivity index (χ1v) is 15.9. The van der Waals surface area contributed by atoms with E-state index in [1.807, 2.05) is 41.2 Å². The molecule has 2 aliphatic rings. The van der Waals surface area contributed by atoms with E-state index in [-0.39, 0.29) is 11.9 Å². The molecule has 0 amide bonds. The molecule has 1 aliphatic heterocycles. The number of nitriles is 1. The van der Waals surface area contributed by atoms with Crippen LogP contribution in [0.1, 0.15) is 72.6 Å². The van der Waals surface area contributed by atoms with E-state index in [2.05, 4.69) is 49.0 Å². The minimum atomic E-state index is -0.410. The predicted octanol–water partition coefficient (Wildman–Crippen LogP) is 7.67. The molecule has 45 heavy (non-hydrogen) atoms. The lowest BCUT2D eigenvalue weighted by molar-refractivity contribution is 0.326. The molecule has 0 spiro atoms. The number of aromatic nitrogens is 4. The number of fused-ring (bicyclic) bond motifs is 1. The molecule has 228 valence electrons. The summed E-state index contributed by atoms with van der Waals surface area (Å²) in [6.07, 6.45) is 9.07. The van der Waals surface area contributed by atoms with Crippen LogP contribution >= 0.6 is 11.6 Å². The first-order chi connectivity index (χ1) is 22.1. The van der Waals surface area contributed by atoms with E-state index < -0.39 is 6.04 Å². The Morgan fingerprint density at radius 1 is 1.00 bits per heavy atom. The largest absolute Gasteiger partial charge is 0.377 e. The maximum absolute atomic E-state index is 13.9. The van der Waals surface area contributed by atoms with Gasteiger partial charge in [-0.15, -0.1) is 5.10 Å². The Morgan fingerprint density at radius 2 is 1.78 bits per heavy atom. The first-order valence-electron chi connectivity index (χ1n) is 15.6. The number of rotatable bonds is 11. The second-order valence-electron chi connectivity index (χ2n) is 11.9. The summed E-state index contributed by atoms with van der Waals surface area (Å²) in [5, 5.41) is 27.5. The summed E-state index contributed by atoms with van der Waals surface area (Å²) in [4.78, 5) is 7.08. The molecule has 0 unspecified atom stereocenters. The monoisotopic (exact) mass is 620 g/mol. The Kier molecular flexibility index (Phi) is 8.33. The second-order valence-corrected chi connectivity index (χ2v) is 12.3. The van der Waals surface area contributed by atoms with Crippen LogP contribution in [0.2, 0.25) is 5.02 Å². The lowest BCUT2D eigenvalue weighted by Gasteiger charge is -2.25. The van der Waals surface area contributed by atoms with Crippen molar-refractivity contribution in [1.29, 1.82) is 5.26 Å². The molecule has 2 N–H and O–H groups in total. The quantitative estimate of drug-likeness (QED) is 0.156. The van der Waals surface area contributed by atoms with E-state index in [9.17, 15) is 9.65 Å². The smallest absolute Gasteiger partial charge is 0.123 e. The molecule has 2 fully saturated rings. The van der Waals surface area contributed by atoms with Gasteiger partial charge in [-0.3, -0.25) is 4.98 Å². The molecular formula is C35H34ClFN8. The van der Waals surface area contributed by atoms with Crippen molar-refractivity contribution in [3.63, 3.8) is 0 Å². The van der Waals surface area contributed by atoms with Gasteiger partial charge in [0, 0.05) is 23.8 Å². The molecule has 1 saturated carbocycles. The molecule has 7 rings (SSSR count). The van der Waals surface area contributed by atoms with Crippen molar-refractivity contribution in [2.75, 3.05) is 30.3 Å². The Balaban J connectivity index is 1.26. The number of hydrogen-bond acceptors (Lipinski definition) is 7. The summed E-state index contributed by atoms with van der Waals surface area (Å²) in [7, 11) is 0. The molecule has 0 radical (unpaired) electrons. The van der Waals surface area contributed by atoms with Gasteiger partial charge in [-0.2, -0.15) is 5.26 Å². The molecule has 3 heterocycles. The van der Waals surface area contributed by atoms with E-state index in [4.69, 9.17) is 11.6 Å². The molecule has 1 saturated heterocycles. The number of pyridine rings is 1. The number of anilines is 2. The Hall–Kier alpha value is -4.52. The molecule has 2 atom stereocenters. The van der Waals surface area contributed by atoms with Gasteiger partial charge < -0.3 is 15.5 Å². The van der Waals surface area contributed by atoms with Crippen LogP contribution < -0.4 is 10.6 Å². The van der Waals surface area contributed by atoms with Crippen molar-refractivity contribution >= 4 is 33.9 Å². The average Bonchev–Trinajstić information content (AvgIpc) is 3.55. The van der Waals surface area contributed by atoms with Crippen molar-refractivity contribution in [1.82, 2.24) is 24.9 Å². The van der Waals surface area contributed by atoms with E-state index in [1.165, 1.54) is 25.0 Å². The third-order valence-corrected chi connectivity index (χ3v) is 9.05. The molecule has 2 aromatic heterocycles. The van der Waals surface area contributed by atoms with Crippen molar-refractivity contribution in [2.24, 2.45) is 0 Å². The predicted molar refractivity (Wildman–Crippen MR) is 175 cm³/mol. The molecule has 1 aliphatic carbocycles. The highest BCUT2D eigenvalue weighted by Crippen LogP contribution is 2.38. The molecule has 8 nitrogen and oxygen atoms in total. The number of nitrogens with zero attached hydrogens (tertiary/aromatic N) is 6. The number of likely N-dealkylation sites (tertiary alicyclic amines) is 1. The van der Waals surface area contributed by atoms with Crippen LogP contribution in [0.5, 0.6) is 0 Å². The van der Waals surface area contributed by atoms with Crippen LogP contribution in [-0.4, -0.2) is 44.5 Å². The lowest BCUT2D eigenvalue weighted by atomic mass is 10.0. The highest BCUT2D eigenvalue weighted by molar-refractivity contribution is 6.35. The van der Waals surface area contributed by atoms with E-state index in [1.54, 1.807) is 18.3 Å². The maximum atomic E-state index is 13.9. The number of benzene rings is 3. The summed E-state index contributed by atoms with van der Waals surface area (Å²) in [6, 6.07) is 22.8. The molecule has 5 aromatic rings. The van der Waals surface area contributed by atoms with Crippen molar-refractivity contribution in [3.05, 3.63) is 112 Å². The SMILES string of the molecule is N#Cc1cnc2c(Cl)cc(N[C@@H](c3ccc(F)cc3)c3cn(C4CC4)nn3)cc2c1N[C@H](CCN1CCCC1)c1ccccc1. The third-order valence-electron chi connectivity index (χ3n) is 8.76. The van der Waals surface area contributed by atoms with Gasteiger partial charge in [0.2, 0.25) is 0 Å². The lowest BCUT2D eigenvalue weighted by Crippen LogP contribution is -2.24. The third kappa shape index (κ3) is 6.48. The standard InChI is InChI=1S/C35H34ClFN8/c36-30-19-27(40-34(24-8-10-26(37)11-9-24)32-22-45(43-42-32)28-12-13-28)18-29-33(25(20-38)21-39-35(29)30)41-31(23-6-2-1-3-7-23)14-17-44-15-4-5-16-44/h1-3,6-11,18-19,21-22,28,31,34,40H,4-5,12-17H2,(H,39,41)/t31-,34+/m1/s1. The van der Waals surface area contributed by atoms with Gasteiger partial charge in [0.25, 0.3) is 0 Å². The van der Waals surface area contributed by atoms with E-state index in [0.29, 0.717) is 27.8 Å². The molecule has 10 heteroatoms. The van der Waals surface area contributed by atoms with Crippen molar-refractivity contribution < 1.29 is 4.39 Å². The van der Waals surface area contributed by atoms with Crippen LogP contribution in [0.3, 0.4) is 0 Å². The summed E-state index contributed by atoms with van der Waals surface area (Å²) in [6.45, 7) is 3.21. The van der Waals surface area contributed by atoms with Crippen molar-refractivity contribution in [2.45, 2.75) is 50.2 Å². The molecular weight excluding hydrogens is 587 g/mol. The van der Waals surface area contributed by atoms with Crippen LogP contribution in [0.4, 0.5) is 15.8 Å². The summed E-state index contributed by atoms with van der Waals surface area (Å²) in [5.41, 5.74) is 5.17. The zero-order valence-corrected chi connectivity index (χ0v) is 25.6. The van der Waals surface area contributed by atoms with Crippen LogP contribution in [0.25, 0.3) is 10.9 Å². The van der Waals surface area contributed by atoms with Crippen LogP contribution in [-0.2, 0) is 0 Å². The average molecular weight is 621 g/mol. The van der Waals surface area contributed by atoms with Gasteiger partial charge in [-0.05, 0) is 80.6 Å². The van der Waals surface area contributed by atoms with Gasteiger partial charge in [-0.1, -0.05) is 59.3 Å². The molecule has 3 aromatic carbocycles. The van der Waals surface area contributed by atoms with E-state index in [0.717, 1.165) is 66.8 Å². The summed E-state index contributed by atoms with van der Waals surface area (Å²) >= 11 is 6.88. The van der Waals surface area contributed by atoms with Gasteiger partial charge in [0.1, 0.15) is 17.6 Å². The van der Waals surface area contributed by atoms with Gasteiger partial charge >= 0.3 is 0 Å². The zero-order valence-electron chi connectivity index (χ0n) is 24.8. The normalized spacial score (nSPS) is 16.4. The first kappa shape index (κ1) is 29.2. The molecule has 0 bridgehead atoms. The highest BCUT2D eigenvalue weighted by atomic mass is 35.5. The fourth-order valence-corrected chi connectivity index (χ4v) is 6.44. The topological polar surface area (TPSA) is 94.7 Å². The Morgan fingerprint density at radius 3 is 2.51 bits per heavy atom. The number of hydrogen-bond donors (Lipinski definition) is 2. The highest BCUT2D eigenvalue weighted by Gasteiger charge is 2.27. The maximum Gasteiger partial charge on any atom is 0.123 e. The number of nitrogens with one attached hydrogen (secondary N) is 2.